The minimum Gasteiger partial charge on any atom is -0.355 e. The van der Waals surface area contributed by atoms with E-state index in [1.165, 1.54) is 6.33 Å². The number of rotatable bonds is 5. The molecule has 1 unspecified atom stereocenters. The molecule has 3 heterocycles. The van der Waals surface area contributed by atoms with Crippen LogP contribution in [0.25, 0.3) is 5.69 Å². The van der Waals surface area contributed by atoms with E-state index in [9.17, 15) is 4.79 Å². The predicted molar refractivity (Wildman–Crippen MR) is 105 cm³/mol. The Kier molecular flexibility index (Phi) is 5.27. The van der Waals surface area contributed by atoms with Gasteiger partial charge in [0.15, 0.2) is 0 Å². The molecule has 28 heavy (non-hydrogen) atoms. The number of carbonyl (C=O) groups is 1. The van der Waals surface area contributed by atoms with Crippen molar-refractivity contribution in [3.8, 4) is 5.69 Å². The number of aromatic nitrogens is 5. The highest BCUT2D eigenvalue weighted by Crippen LogP contribution is 2.23. The lowest BCUT2D eigenvalue weighted by molar-refractivity contribution is -0.126. The molecule has 1 aromatic carbocycles. The van der Waals surface area contributed by atoms with Crippen molar-refractivity contribution < 1.29 is 4.79 Å². The normalized spacial score (nSPS) is 16.0. The van der Waals surface area contributed by atoms with Crippen LogP contribution in [0.4, 0.5) is 5.82 Å². The van der Waals surface area contributed by atoms with Crippen molar-refractivity contribution in [2.75, 3.05) is 18.0 Å². The Labute approximate surface area is 163 Å². The largest absolute Gasteiger partial charge is 0.355 e. The van der Waals surface area contributed by atoms with Crippen LogP contribution in [-0.4, -0.2) is 43.7 Å². The van der Waals surface area contributed by atoms with E-state index in [0.717, 1.165) is 43.0 Å². The first-order valence-electron chi connectivity index (χ1n) is 9.47. The van der Waals surface area contributed by atoms with Gasteiger partial charge in [0.1, 0.15) is 18.5 Å². The smallest absolute Gasteiger partial charge is 0.223 e. The van der Waals surface area contributed by atoms with E-state index in [-0.39, 0.29) is 17.9 Å². The quantitative estimate of drug-likeness (QED) is 0.733. The highest BCUT2D eigenvalue weighted by atomic mass is 16.1. The van der Waals surface area contributed by atoms with Crippen LogP contribution in [0.5, 0.6) is 0 Å². The molecule has 0 aliphatic carbocycles. The van der Waals surface area contributed by atoms with Crippen molar-refractivity contribution in [1.29, 1.82) is 0 Å². The van der Waals surface area contributed by atoms with Crippen molar-refractivity contribution in [3.63, 3.8) is 0 Å². The van der Waals surface area contributed by atoms with E-state index in [4.69, 9.17) is 0 Å². The molecule has 1 fully saturated rings. The maximum Gasteiger partial charge on any atom is 0.223 e. The summed E-state index contributed by atoms with van der Waals surface area (Å²) in [4.78, 5) is 27.3. The molecular weight excluding hydrogens is 354 g/mol. The van der Waals surface area contributed by atoms with E-state index >= 15 is 0 Å². The number of hydrogen-bond acceptors (Lipinski definition) is 6. The fraction of sp³-hybridized carbons (Fsp3) is 0.350. The van der Waals surface area contributed by atoms with Crippen LogP contribution < -0.4 is 10.2 Å². The fourth-order valence-corrected chi connectivity index (χ4v) is 3.50. The lowest BCUT2D eigenvalue weighted by atomic mass is 9.95. The lowest BCUT2D eigenvalue weighted by Crippen LogP contribution is -2.41. The standard InChI is InChI=1S/C20H23N7O/c1-15(16-2-4-18(5-3-16)27-14-22-13-24-27)25-20(28)17-6-10-26(11-7-17)19-12-21-8-9-23-19/h2-5,8-9,12-15,17H,6-7,10-11H2,1H3,(H,25,28). The average Bonchev–Trinajstić information content (AvgIpc) is 3.29. The second kappa shape index (κ2) is 8.16. The van der Waals surface area contributed by atoms with E-state index in [1.807, 2.05) is 31.2 Å². The number of nitrogens with one attached hydrogen (secondary N) is 1. The number of amides is 1. The van der Waals surface area contributed by atoms with Gasteiger partial charge in [-0.1, -0.05) is 12.1 Å². The third-order valence-corrected chi connectivity index (χ3v) is 5.17. The Balaban J connectivity index is 1.31. The Morgan fingerprint density at radius 3 is 2.57 bits per heavy atom. The zero-order chi connectivity index (χ0) is 19.3. The third-order valence-electron chi connectivity index (χ3n) is 5.17. The molecule has 1 atom stereocenters. The Morgan fingerprint density at radius 2 is 1.93 bits per heavy atom. The summed E-state index contributed by atoms with van der Waals surface area (Å²) in [6.45, 7) is 3.65. The van der Waals surface area contributed by atoms with Crippen LogP contribution >= 0.6 is 0 Å². The Morgan fingerprint density at radius 1 is 1.14 bits per heavy atom. The summed E-state index contributed by atoms with van der Waals surface area (Å²) in [5.74, 6) is 1.03. The molecule has 1 N–H and O–H groups in total. The molecule has 3 aromatic rings. The summed E-state index contributed by atoms with van der Waals surface area (Å²) in [5, 5.41) is 7.28. The minimum atomic E-state index is -0.0460. The zero-order valence-corrected chi connectivity index (χ0v) is 15.8. The SMILES string of the molecule is CC(NC(=O)C1CCN(c2cnccn2)CC1)c1ccc(-n2cncn2)cc1. The van der Waals surface area contributed by atoms with E-state index < -0.39 is 0 Å². The molecule has 1 aliphatic heterocycles. The second-order valence-electron chi connectivity index (χ2n) is 6.99. The number of piperidine rings is 1. The maximum atomic E-state index is 12.7. The summed E-state index contributed by atoms with van der Waals surface area (Å²) < 4.78 is 1.71. The van der Waals surface area contributed by atoms with Gasteiger partial charge in [0.2, 0.25) is 5.91 Å². The van der Waals surface area contributed by atoms with Gasteiger partial charge in [-0.05, 0) is 37.5 Å². The van der Waals surface area contributed by atoms with E-state index in [0.29, 0.717) is 0 Å². The fourth-order valence-electron chi connectivity index (χ4n) is 3.50. The van der Waals surface area contributed by atoms with Gasteiger partial charge < -0.3 is 10.2 Å². The van der Waals surface area contributed by atoms with Crippen molar-refractivity contribution in [2.24, 2.45) is 5.92 Å². The van der Waals surface area contributed by atoms with Crippen molar-refractivity contribution >= 4 is 11.7 Å². The van der Waals surface area contributed by atoms with Gasteiger partial charge in [-0.2, -0.15) is 5.10 Å². The van der Waals surface area contributed by atoms with Gasteiger partial charge in [0, 0.05) is 31.4 Å². The molecule has 1 saturated heterocycles. The molecule has 1 amide bonds. The molecule has 1 aliphatic rings. The Bertz CT molecular complexity index is 888. The van der Waals surface area contributed by atoms with Crippen LogP contribution in [0.1, 0.15) is 31.4 Å². The van der Waals surface area contributed by atoms with Gasteiger partial charge >= 0.3 is 0 Å². The molecule has 8 heteroatoms. The molecule has 8 nitrogen and oxygen atoms in total. The van der Waals surface area contributed by atoms with Crippen LogP contribution in [0.2, 0.25) is 0 Å². The molecule has 2 aromatic heterocycles. The predicted octanol–water partition coefficient (Wildman–Crippen LogP) is 2.15. The zero-order valence-electron chi connectivity index (χ0n) is 15.8. The van der Waals surface area contributed by atoms with Crippen LogP contribution in [0.15, 0.2) is 55.5 Å². The summed E-state index contributed by atoms with van der Waals surface area (Å²) >= 11 is 0. The van der Waals surface area contributed by atoms with Gasteiger partial charge in [0.05, 0.1) is 17.9 Å². The highest BCUT2D eigenvalue weighted by Gasteiger charge is 2.26. The molecule has 0 bridgehead atoms. The molecule has 4 rings (SSSR count). The minimum absolute atomic E-state index is 0.0322. The first-order chi connectivity index (χ1) is 13.7. The van der Waals surface area contributed by atoms with Crippen molar-refractivity contribution in [3.05, 3.63) is 61.1 Å². The van der Waals surface area contributed by atoms with Crippen LogP contribution in [0.3, 0.4) is 0 Å². The Hall–Kier alpha value is -3.29. The lowest BCUT2D eigenvalue weighted by Gasteiger charge is -2.32. The number of anilines is 1. The molecule has 0 saturated carbocycles. The monoisotopic (exact) mass is 377 g/mol. The number of nitrogens with zero attached hydrogens (tertiary/aromatic N) is 6. The summed E-state index contributed by atoms with van der Waals surface area (Å²) in [6.07, 6.45) is 9.94. The molecular formula is C20H23N7O. The van der Waals surface area contributed by atoms with Gasteiger partial charge in [0.25, 0.3) is 0 Å². The van der Waals surface area contributed by atoms with Gasteiger partial charge in [-0.25, -0.2) is 14.6 Å². The van der Waals surface area contributed by atoms with Crippen LogP contribution in [0, 0.1) is 5.92 Å². The number of carbonyl (C=O) groups excluding carboxylic acids is 1. The molecule has 0 spiro atoms. The third kappa shape index (κ3) is 4.00. The van der Waals surface area contributed by atoms with Gasteiger partial charge in [-0.3, -0.25) is 9.78 Å². The summed E-state index contributed by atoms with van der Waals surface area (Å²) in [6, 6.07) is 7.94. The highest BCUT2D eigenvalue weighted by molar-refractivity contribution is 5.79. The van der Waals surface area contributed by atoms with Crippen molar-refractivity contribution in [1.82, 2.24) is 30.0 Å². The summed E-state index contributed by atoms with van der Waals surface area (Å²) in [7, 11) is 0. The van der Waals surface area contributed by atoms with Gasteiger partial charge in [-0.15, -0.1) is 0 Å². The average molecular weight is 377 g/mol. The topological polar surface area (TPSA) is 88.8 Å². The van der Waals surface area contributed by atoms with Crippen molar-refractivity contribution in [2.45, 2.75) is 25.8 Å². The summed E-state index contributed by atoms with van der Waals surface area (Å²) in [5.41, 5.74) is 2.00. The molecule has 144 valence electrons. The maximum absolute atomic E-state index is 12.7. The van der Waals surface area contributed by atoms with E-state index in [2.05, 4.69) is 30.3 Å². The van der Waals surface area contributed by atoms with Crippen LogP contribution in [-0.2, 0) is 4.79 Å². The first-order valence-corrected chi connectivity index (χ1v) is 9.47. The number of hydrogen-bond donors (Lipinski definition) is 1. The van der Waals surface area contributed by atoms with E-state index in [1.54, 1.807) is 29.6 Å². The molecule has 0 radical (unpaired) electrons. The first kappa shape index (κ1) is 18.1. The number of benzene rings is 1. The second-order valence-corrected chi connectivity index (χ2v) is 6.99.